The van der Waals surface area contributed by atoms with Crippen LogP contribution in [0.2, 0.25) is 5.02 Å². The van der Waals surface area contributed by atoms with E-state index in [-0.39, 0.29) is 5.91 Å². The molecule has 0 fully saturated rings. The van der Waals surface area contributed by atoms with Crippen LogP contribution in [0, 0.1) is 10.5 Å². The molecule has 0 bridgehead atoms. The number of rotatable bonds is 2. The van der Waals surface area contributed by atoms with Crippen molar-refractivity contribution >= 4 is 66.8 Å². The van der Waals surface area contributed by atoms with Crippen molar-refractivity contribution in [3.05, 3.63) is 56.1 Å². The largest absolute Gasteiger partial charge is 0.298 e. The summed E-state index contributed by atoms with van der Waals surface area (Å²) in [4.78, 5) is 16.6. The highest BCUT2D eigenvalue weighted by atomic mass is 127. The molecule has 0 saturated carbocycles. The van der Waals surface area contributed by atoms with Gasteiger partial charge in [0.1, 0.15) is 0 Å². The molecule has 0 saturated heterocycles. The average molecular weight is 429 g/mol. The number of aromatic nitrogens is 1. The molecule has 0 atom stereocenters. The van der Waals surface area contributed by atoms with Gasteiger partial charge >= 0.3 is 0 Å². The van der Waals surface area contributed by atoms with E-state index in [1.54, 1.807) is 6.07 Å². The predicted molar refractivity (Wildman–Crippen MR) is 96.5 cm³/mol. The van der Waals surface area contributed by atoms with Gasteiger partial charge in [0.05, 0.1) is 10.2 Å². The van der Waals surface area contributed by atoms with Gasteiger partial charge in [0.15, 0.2) is 5.13 Å². The summed E-state index contributed by atoms with van der Waals surface area (Å²) >= 11 is 9.59. The number of aryl methyl sites for hydroxylation is 1. The van der Waals surface area contributed by atoms with Crippen LogP contribution in [0.5, 0.6) is 0 Å². The molecular weight excluding hydrogens is 419 g/mol. The average Bonchev–Trinajstić information content (AvgIpc) is 2.83. The van der Waals surface area contributed by atoms with Crippen LogP contribution in [-0.2, 0) is 0 Å². The minimum Gasteiger partial charge on any atom is -0.298 e. The molecule has 106 valence electrons. The fraction of sp³-hybridized carbons (Fsp3) is 0.0667. The fourth-order valence-corrected chi connectivity index (χ4v) is 3.51. The molecule has 0 spiro atoms. The van der Waals surface area contributed by atoms with E-state index in [4.69, 9.17) is 11.6 Å². The molecule has 0 unspecified atom stereocenters. The van der Waals surface area contributed by atoms with E-state index in [0.717, 1.165) is 19.4 Å². The Bertz CT molecular complexity index is 847. The molecule has 0 radical (unpaired) electrons. The number of carbonyl (C=O) groups excluding carboxylic acids is 1. The lowest BCUT2D eigenvalue weighted by Gasteiger charge is -2.03. The SMILES string of the molecule is Cc1ccc(C(=O)Nc2nc3ccc(Cl)cc3s2)cc1I. The summed E-state index contributed by atoms with van der Waals surface area (Å²) in [6, 6.07) is 11.1. The van der Waals surface area contributed by atoms with Gasteiger partial charge in [0.2, 0.25) is 0 Å². The third kappa shape index (κ3) is 3.20. The lowest BCUT2D eigenvalue weighted by molar-refractivity contribution is 0.102. The van der Waals surface area contributed by atoms with E-state index in [9.17, 15) is 4.79 Å². The Morgan fingerprint density at radius 2 is 2.10 bits per heavy atom. The molecule has 0 aliphatic carbocycles. The van der Waals surface area contributed by atoms with Gasteiger partial charge in [-0.25, -0.2) is 4.98 Å². The Morgan fingerprint density at radius 3 is 2.86 bits per heavy atom. The van der Waals surface area contributed by atoms with Gasteiger partial charge in [0.25, 0.3) is 5.91 Å². The zero-order valence-corrected chi connectivity index (χ0v) is 14.7. The Labute approximate surface area is 144 Å². The van der Waals surface area contributed by atoms with E-state index in [0.29, 0.717) is 15.7 Å². The Balaban J connectivity index is 1.87. The highest BCUT2D eigenvalue weighted by Gasteiger charge is 2.11. The zero-order valence-electron chi connectivity index (χ0n) is 11.0. The Morgan fingerprint density at radius 1 is 1.29 bits per heavy atom. The molecule has 3 nitrogen and oxygen atoms in total. The summed E-state index contributed by atoms with van der Waals surface area (Å²) in [6.45, 7) is 2.01. The molecule has 21 heavy (non-hydrogen) atoms. The summed E-state index contributed by atoms with van der Waals surface area (Å²) in [6.07, 6.45) is 0. The molecule has 1 N–H and O–H groups in total. The smallest absolute Gasteiger partial charge is 0.257 e. The summed E-state index contributed by atoms with van der Waals surface area (Å²) in [5.74, 6) is -0.155. The first-order valence-electron chi connectivity index (χ1n) is 6.16. The monoisotopic (exact) mass is 428 g/mol. The van der Waals surface area contributed by atoms with Crippen LogP contribution in [0.4, 0.5) is 5.13 Å². The fourth-order valence-electron chi connectivity index (χ4n) is 1.86. The molecule has 1 heterocycles. The van der Waals surface area contributed by atoms with E-state index < -0.39 is 0 Å². The van der Waals surface area contributed by atoms with Gasteiger partial charge in [-0.3, -0.25) is 10.1 Å². The van der Waals surface area contributed by atoms with Gasteiger partial charge in [0, 0.05) is 14.2 Å². The number of anilines is 1. The second kappa shape index (κ2) is 5.90. The molecule has 6 heteroatoms. The van der Waals surface area contributed by atoms with Gasteiger partial charge in [-0.2, -0.15) is 0 Å². The summed E-state index contributed by atoms with van der Waals surface area (Å²) in [7, 11) is 0. The van der Waals surface area contributed by atoms with Crippen molar-refractivity contribution in [1.82, 2.24) is 4.98 Å². The molecule has 3 rings (SSSR count). The zero-order chi connectivity index (χ0) is 15.0. The van der Waals surface area contributed by atoms with Crippen LogP contribution < -0.4 is 5.32 Å². The topological polar surface area (TPSA) is 42.0 Å². The molecule has 0 aliphatic rings. The summed E-state index contributed by atoms with van der Waals surface area (Å²) in [5, 5.41) is 4.08. The van der Waals surface area contributed by atoms with Gasteiger partial charge in [-0.15, -0.1) is 0 Å². The third-order valence-corrected chi connectivity index (χ3v) is 5.34. The molecule has 1 aromatic heterocycles. The van der Waals surface area contributed by atoms with E-state index in [1.807, 2.05) is 37.3 Å². The number of halogens is 2. The Hall–Kier alpha value is -1.18. The number of hydrogen-bond acceptors (Lipinski definition) is 3. The number of nitrogens with one attached hydrogen (secondary N) is 1. The number of carbonyl (C=O) groups is 1. The molecule has 3 aromatic rings. The second-order valence-electron chi connectivity index (χ2n) is 4.55. The van der Waals surface area contributed by atoms with Crippen LogP contribution >= 0.6 is 45.5 Å². The maximum absolute atomic E-state index is 12.2. The van der Waals surface area contributed by atoms with Crippen molar-refractivity contribution in [1.29, 1.82) is 0 Å². The standard InChI is InChI=1S/C15H10ClIN2OS/c1-8-2-3-9(6-11(8)17)14(20)19-15-18-12-5-4-10(16)7-13(12)21-15/h2-7H,1H3,(H,18,19,20). The van der Waals surface area contributed by atoms with Crippen molar-refractivity contribution in [3.63, 3.8) is 0 Å². The van der Waals surface area contributed by atoms with Crippen molar-refractivity contribution in [2.75, 3.05) is 5.32 Å². The molecular formula is C15H10ClIN2OS. The van der Waals surface area contributed by atoms with Crippen molar-refractivity contribution in [2.24, 2.45) is 0 Å². The van der Waals surface area contributed by atoms with Gasteiger partial charge in [-0.1, -0.05) is 29.0 Å². The van der Waals surface area contributed by atoms with Crippen molar-refractivity contribution < 1.29 is 4.79 Å². The highest BCUT2D eigenvalue weighted by molar-refractivity contribution is 14.1. The number of thiazole rings is 1. The summed E-state index contributed by atoms with van der Waals surface area (Å²) in [5.41, 5.74) is 2.61. The van der Waals surface area contributed by atoms with Crippen LogP contribution in [0.25, 0.3) is 10.2 Å². The van der Waals surface area contributed by atoms with Gasteiger partial charge in [-0.05, 0) is 65.4 Å². The normalized spacial score (nSPS) is 10.8. The van der Waals surface area contributed by atoms with Crippen LogP contribution in [0.1, 0.15) is 15.9 Å². The van der Waals surface area contributed by atoms with Gasteiger partial charge < -0.3 is 0 Å². The maximum atomic E-state index is 12.2. The number of benzene rings is 2. The second-order valence-corrected chi connectivity index (χ2v) is 7.18. The molecule has 0 aliphatic heterocycles. The number of amides is 1. The number of nitrogens with zero attached hydrogens (tertiary/aromatic N) is 1. The quantitative estimate of drug-likeness (QED) is 0.576. The number of fused-ring (bicyclic) bond motifs is 1. The molecule has 1 amide bonds. The summed E-state index contributed by atoms with van der Waals surface area (Å²) < 4.78 is 2.02. The van der Waals surface area contributed by atoms with E-state index in [1.165, 1.54) is 11.3 Å². The first-order valence-corrected chi connectivity index (χ1v) is 8.44. The lowest BCUT2D eigenvalue weighted by Crippen LogP contribution is -2.11. The van der Waals surface area contributed by atoms with Crippen molar-refractivity contribution in [3.8, 4) is 0 Å². The van der Waals surface area contributed by atoms with Crippen LogP contribution in [0.15, 0.2) is 36.4 Å². The first kappa shape index (κ1) is 14.7. The van der Waals surface area contributed by atoms with Crippen LogP contribution in [0.3, 0.4) is 0 Å². The highest BCUT2D eigenvalue weighted by Crippen LogP contribution is 2.28. The third-order valence-electron chi connectivity index (χ3n) is 3.00. The minimum absolute atomic E-state index is 0.155. The predicted octanol–water partition coefficient (Wildman–Crippen LogP) is 5.12. The number of hydrogen-bond donors (Lipinski definition) is 1. The van der Waals surface area contributed by atoms with Crippen molar-refractivity contribution in [2.45, 2.75) is 6.92 Å². The molecule has 2 aromatic carbocycles. The Kier molecular flexibility index (Phi) is 4.14. The van der Waals surface area contributed by atoms with E-state index >= 15 is 0 Å². The van der Waals surface area contributed by atoms with E-state index in [2.05, 4.69) is 32.9 Å². The minimum atomic E-state index is -0.155. The lowest BCUT2D eigenvalue weighted by atomic mass is 10.1. The van der Waals surface area contributed by atoms with Crippen LogP contribution in [-0.4, -0.2) is 10.9 Å². The maximum Gasteiger partial charge on any atom is 0.257 e. The first-order chi connectivity index (χ1) is 10.0.